The number of carbonyl (C=O) groups is 3. The van der Waals surface area contributed by atoms with Crippen molar-refractivity contribution in [1.82, 2.24) is 14.7 Å². The molecule has 34 heavy (non-hydrogen) atoms. The van der Waals surface area contributed by atoms with Gasteiger partial charge in [-0.1, -0.05) is 6.92 Å². The molecule has 8 heteroatoms. The number of carbonyl (C=O) groups excluding carboxylic acids is 3. The molecule has 1 aliphatic carbocycles. The van der Waals surface area contributed by atoms with E-state index in [0.717, 1.165) is 25.7 Å². The zero-order valence-corrected chi connectivity index (χ0v) is 21.1. The molecule has 1 aromatic carbocycles. The molecule has 0 unspecified atom stereocenters. The van der Waals surface area contributed by atoms with E-state index < -0.39 is 5.97 Å². The predicted octanol–water partition coefficient (Wildman–Crippen LogP) is 4.32. The lowest BCUT2D eigenvalue weighted by molar-refractivity contribution is -0.124. The van der Waals surface area contributed by atoms with Crippen molar-refractivity contribution in [2.45, 2.75) is 59.4 Å². The van der Waals surface area contributed by atoms with Crippen LogP contribution >= 0.6 is 0 Å². The molecule has 1 aromatic heterocycles. The Labute approximate surface area is 201 Å². The number of amides is 2. The Balaban J connectivity index is 2.00. The average molecular weight is 469 g/mol. The summed E-state index contributed by atoms with van der Waals surface area (Å²) in [6.07, 6.45) is 5.35. The van der Waals surface area contributed by atoms with Crippen LogP contribution in [0.15, 0.2) is 30.5 Å². The van der Waals surface area contributed by atoms with Crippen molar-refractivity contribution in [2.75, 3.05) is 25.6 Å². The van der Waals surface area contributed by atoms with Gasteiger partial charge in [-0.05, 0) is 76.6 Å². The minimum Gasteiger partial charge on any atom is -0.462 e. The Morgan fingerprint density at radius 3 is 2.24 bits per heavy atom. The van der Waals surface area contributed by atoms with Crippen molar-refractivity contribution >= 4 is 23.6 Å². The van der Waals surface area contributed by atoms with Crippen molar-refractivity contribution in [3.63, 3.8) is 0 Å². The first-order valence-corrected chi connectivity index (χ1v) is 12.1. The maximum Gasteiger partial charge on any atom is 0.343 e. The third-order valence-electron chi connectivity index (χ3n) is 6.32. The second kappa shape index (κ2) is 10.8. The van der Waals surface area contributed by atoms with E-state index in [1.807, 2.05) is 13.8 Å². The van der Waals surface area contributed by atoms with Gasteiger partial charge in [0, 0.05) is 37.8 Å². The van der Waals surface area contributed by atoms with E-state index in [9.17, 15) is 14.4 Å². The van der Waals surface area contributed by atoms with Gasteiger partial charge in [0.25, 0.3) is 5.91 Å². The minimum absolute atomic E-state index is 0.00428. The molecule has 1 aliphatic rings. The standard InChI is InChI=1S/C26H36N4O4/c1-7-34-26(33)22-16-29(21-14-12-19(13-15-21)24(31)28(5)6)27-23(22)30(17(2)3)25(32)20-10-8-18(4)9-11-20/h12-18,20H,7-11H2,1-6H3/t18-,20-. The van der Waals surface area contributed by atoms with E-state index in [1.165, 1.54) is 4.90 Å². The molecule has 0 N–H and O–H groups in total. The van der Waals surface area contributed by atoms with Gasteiger partial charge in [-0.15, -0.1) is 5.10 Å². The first kappa shape index (κ1) is 25.5. The highest BCUT2D eigenvalue weighted by molar-refractivity contribution is 6.02. The second-order valence-corrected chi connectivity index (χ2v) is 9.54. The van der Waals surface area contributed by atoms with Crippen LogP contribution in [0.3, 0.4) is 0 Å². The third-order valence-corrected chi connectivity index (χ3v) is 6.32. The molecule has 0 aliphatic heterocycles. The summed E-state index contributed by atoms with van der Waals surface area (Å²) in [6.45, 7) is 8.05. The molecule has 0 radical (unpaired) electrons. The zero-order valence-electron chi connectivity index (χ0n) is 21.1. The van der Waals surface area contributed by atoms with Gasteiger partial charge in [-0.2, -0.15) is 0 Å². The molecular formula is C26H36N4O4. The largest absolute Gasteiger partial charge is 0.462 e. The third kappa shape index (κ3) is 5.48. The van der Waals surface area contributed by atoms with Gasteiger partial charge in [0.2, 0.25) is 5.91 Å². The van der Waals surface area contributed by atoms with Gasteiger partial charge in [-0.3, -0.25) is 14.5 Å². The Hall–Kier alpha value is -3.16. The number of hydrogen-bond donors (Lipinski definition) is 0. The van der Waals surface area contributed by atoms with Crippen LogP contribution in [-0.4, -0.2) is 59.2 Å². The maximum absolute atomic E-state index is 13.6. The molecular weight excluding hydrogens is 432 g/mol. The first-order chi connectivity index (χ1) is 16.1. The number of ether oxygens (including phenoxy) is 1. The van der Waals surface area contributed by atoms with Crippen LogP contribution < -0.4 is 4.90 Å². The molecule has 1 saturated carbocycles. The maximum atomic E-state index is 13.6. The summed E-state index contributed by atoms with van der Waals surface area (Å²) in [5.74, 6) is 0.260. The summed E-state index contributed by atoms with van der Waals surface area (Å²) in [5, 5.41) is 4.67. The SMILES string of the molecule is CCOC(=O)c1cn(-c2ccc(C(=O)N(C)C)cc2)nc1N(C(=O)[C@H]1CC[C@H](C)CC1)C(C)C. The van der Waals surface area contributed by atoms with Gasteiger partial charge in [0.05, 0.1) is 12.3 Å². The second-order valence-electron chi connectivity index (χ2n) is 9.54. The van der Waals surface area contributed by atoms with Crippen LogP contribution in [0.4, 0.5) is 5.82 Å². The lowest BCUT2D eigenvalue weighted by Gasteiger charge is -2.32. The Kier molecular flexibility index (Phi) is 8.12. The lowest BCUT2D eigenvalue weighted by atomic mass is 9.82. The highest BCUT2D eigenvalue weighted by atomic mass is 16.5. The van der Waals surface area contributed by atoms with E-state index in [2.05, 4.69) is 12.0 Å². The normalized spacial score (nSPS) is 18.0. The van der Waals surface area contributed by atoms with Gasteiger partial charge >= 0.3 is 5.97 Å². The number of anilines is 1. The van der Waals surface area contributed by atoms with Crippen LogP contribution in [0.2, 0.25) is 0 Å². The van der Waals surface area contributed by atoms with Gasteiger partial charge in [-0.25, -0.2) is 9.48 Å². The molecule has 0 saturated heterocycles. The lowest BCUT2D eigenvalue weighted by Crippen LogP contribution is -2.43. The molecule has 2 amide bonds. The molecule has 0 bridgehead atoms. The summed E-state index contributed by atoms with van der Waals surface area (Å²) in [7, 11) is 3.40. The number of aromatic nitrogens is 2. The Morgan fingerprint density at radius 1 is 1.09 bits per heavy atom. The molecule has 184 valence electrons. The minimum atomic E-state index is -0.515. The topological polar surface area (TPSA) is 84.7 Å². The summed E-state index contributed by atoms with van der Waals surface area (Å²) in [5.41, 5.74) is 1.48. The molecule has 3 rings (SSSR count). The van der Waals surface area contributed by atoms with Crippen molar-refractivity contribution in [2.24, 2.45) is 11.8 Å². The number of nitrogens with zero attached hydrogens (tertiary/aromatic N) is 4. The summed E-state index contributed by atoms with van der Waals surface area (Å²) < 4.78 is 6.85. The molecule has 0 spiro atoms. The van der Waals surface area contributed by atoms with Gasteiger partial charge in [0.15, 0.2) is 5.82 Å². The predicted molar refractivity (Wildman–Crippen MR) is 131 cm³/mol. The molecule has 8 nitrogen and oxygen atoms in total. The summed E-state index contributed by atoms with van der Waals surface area (Å²) in [6, 6.07) is 6.80. The fraction of sp³-hybridized carbons (Fsp3) is 0.538. The monoisotopic (exact) mass is 468 g/mol. The van der Waals surface area contributed by atoms with Crippen molar-refractivity contribution in [1.29, 1.82) is 0 Å². The van der Waals surface area contributed by atoms with E-state index in [0.29, 0.717) is 23.0 Å². The van der Waals surface area contributed by atoms with Crippen LogP contribution in [0, 0.1) is 11.8 Å². The Morgan fingerprint density at radius 2 is 1.71 bits per heavy atom. The number of esters is 1. The van der Waals surface area contributed by atoms with Crippen LogP contribution in [-0.2, 0) is 9.53 Å². The molecule has 1 heterocycles. The molecule has 0 atom stereocenters. The number of rotatable bonds is 7. The van der Waals surface area contributed by atoms with Crippen molar-refractivity contribution in [3.8, 4) is 5.69 Å². The zero-order chi connectivity index (χ0) is 25.0. The van der Waals surface area contributed by atoms with E-state index in [-0.39, 0.29) is 35.9 Å². The van der Waals surface area contributed by atoms with Crippen molar-refractivity contribution in [3.05, 3.63) is 41.6 Å². The first-order valence-electron chi connectivity index (χ1n) is 12.1. The van der Waals surface area contributed by atoms with E-state index in [1.54, 1.807) is 61.1 Å². The Bertz CT molecular complexity index is 1020. The van der Waals surface area contributed by atoms with E-state index in [4.69, 9.17) is 4.74 Å². The number of benzene rings is 1. The quantitative estimate of drug-likeness (QED) is 0.565. The average Bonchev–Trinajstić information content (AvgIpc) is 3.24. The van der Waals surface area contributed by atoms with Crippen LogP contribution in [0.5, 0.6) is 0 Å². The fourth-order valence-corrected chi connectivity index (χ4v) is 4.35. The molecule has 1 fully saturated rings. The van der Waals surface area contributed by atoms with Gasteiger partial charge < -0.3 is 9.64 Å². The highest BCUT2D eigenvalue weighted by Gasteiger charge is 2.34. The highest BCUT2D eigenvalue weighted by Crippen LogP contribution is 2.33. The summed E-state index contributed by atoms with van der Waals surface area (Å²) >= 11 is 0. The smallest absolute Gasteiger partial charge is 0.343 e. The van der Waals surface area contributed by atoms with Gasteiger partial charge in [0.1, 0.15) is 5.56 Å². The van der Waals surface area contributed by atoms with Crippen molar-refractivity contribution < 1.29 is 19.1 Å². The fourth-order valence-electron chi connectivity index (χ4n) is 4.35. The van der Waals surface area contributed by atoms with Crippen LogP contribution in [0.1, 0.15) is 74.1 Å². The summed E-state index contributed by atoms with van der Waals surface area (Å²) in [4.78, 5) is 41.8. The van der Waals surface area contributed by atoms with Crippen LogP contribution in [0.25, 0.3) is 5.69 Å². The molecule has 2 aromatic rings. The number of hydrogen-bond acceptors (Lipinski definition) is 5. The van der Waals surface area contributed by atoms with E-state index >= 15 is 0 Å².